The first kappa shape index (κ1) is 14.6. The number of pyridine rings is 1. The Hall–Kier alpha value is -0.490. The highest BCUT2D eigenvalue weighted by atomic mass is 79.9. The minimum Gasteiger partial charge on any atom is -0.324 e. The van der Waals surface area contributed by atoms with E-state index in [1.54, 1.807) is 12.4 Å². The molecular weight excluding hydrogens is 286 g/mol. The number of halogens is 1. The molecule has 0 fully saturated rings. The molecule has 5 heteroatoms. The van der Waals surface area contributed by atoms with Gasteiger partial charge in [0, 0.05) is 36.7 Å². The van der Waals surface area contributed by atoms with Crippen molar-refractivity contribution in [3.05, 3.63) is 28.5 Å². The molecule has 0 aliphatic carbocycles. The Labute approximate surface area is 110 Å². The third-order valence-corrected chi connectivity index (χ3v) is 2.50. The van der Waals surface area contributed by atoms with Crippen molar-refractivity contribution in [1.82, 2.24) is 4.98 Å². The van der Waals surface area contributed by atoms with Gasteiger partial charge in [0.1, 0.15) is 0 Å². The highest BCUT2D eigenvalue weighted by Crippen LogP contribution is 2.30. The molecule has 0 unspecified atom stereocenters. The van der Waals surface area contributed by atoms with Crippen molar-refractivity contribution in [1.29, 1.82) is 0 Å². The third kappa shape index (κ3) is 3.74. The van der Waals surface area contributed by atoms with Gasteiger partial charge in [-0.25, -0.2) is 0 Å². The van der Waals surface area contributed by atoms with Crippen molar-refractivity contribution >= 4 is 15.9 Å². The second-order valence-corrected chi connectivity index (χ2v) is 4.16. The van der Waals surface area contributed by atoms with Gasteiger partial charge in [-0.3, -0.25) is 4.98 Å². The number of nitrogens with zero attached hydrogens (tertiary/aromatic N) is 1. The molecule has 1 heterocycles. The van der Waals surface area contributed by atoms with Gasteiger partial charge in [-0.1, -0.05) is 0 Å². The molecule has 96 valence electrons. The number of aromatic nitrogens is 1. The Morgan fingerprint density at radius 3 is 2.00 bits per heavy atom. The van der Waals surface area contributed by atoms with Crippen LogP contribution in [0.25, 0.3) is 0 Å². The Bertz CT molecular complexity index is 329. The topological polar surface area (TPSA) is 40.6 Å². The summed E-state index contributed by atoms with van der Waals surface area (Å²) in [5, 5.41) is 0. The zero-order chi connectivity index (χ0) is 12.7. The summed E-state index contributed by atoms with van der Waals surface area (Å²) in [4.78, 5) is 4.11. The Morgan fingerprint density at radius 2 is 1.59 bits per heavy atom. The molecule has 0 aromatic carbocycles. The van der Waals surface area contributed by atoms with Crippen LogP contribution in [0.15, 0.2) is 22.9 Å². The second kappa shape index (κ2) is 7.06. The fourth-order valence-electron chi connectivity index (χ4n) is 1.52. The molecule has 0 aliphatic rings. The van der Waals surface area contributed by atoms with E-state index in [1.807, 2.05) is 26.8 Å². The molecule has 0 saturated carbocycles. The predicted octanol–water partition coefficient (Wildman–Crippen LogP) is 3.06. The zero-order valence-corrected chi connectivity index (χ0v) is 12.0. The van der Waals surface area contributed by atoms with Crippen LogP contribution >= 0.6 is 15.9 Å². The van der Waals surface area contributed by atoms with Crippen molar-refractivity contribution in [2.75, 3.05) is 19.8 Å². The van der Waals surface area contributed by atoms with Crippen molar-refractivity contribution in [2.45, 2.75) is 26.7 Å². The Balaban J connectivity index is 3.09. The van der Waals surface area contributed by atoms with Gasteiger partial charge >= 0.3 is 5.97 Å². The van der Waals surface area contributed by atoms with Gasteiger partial charge in [0.2, 0.25) is 0 Å². The average molecular weight is 304 g/mol. The summed E-state index contributed by atoms with van der Waals surface area (Å²) in [6.07, 6.45) is 3.39. The van der Waals surface area contributed by atoms with E-state index in [9.17, 15) is 0 Å². The summed E-state index contributed by atoms with van der Waals surface area (Å²) in [7, 11) is 0. The lowest BCUT2D eigenvalue weighted by Gasteiger charge is -2.32. The monoisotopic (exact) mass is 303 g/mol. The molecule has 1 rings (SSSR count). The third-order valence-electron chi connectivity index (χ3n) is 2.06. The van der Waals surface area contributed by atoms with Crippen LogP contribution in [-0.4, -0.2) is 24.8 Å². The summed E-state index contributed by atoms with van der Waals surface area (Å²) in [6, 6.07) is 1.88. The average Bonchev–Trinajstić information content (AvgIpc) is 2.30. The molecule has 0 bridgehead atoms. The summed E-state index contributed by atoms with van der Waals surface area (Å²) >= 11 is 3.38. The van der Waals surface area contributed by atoms with E-state index in [-0.39, 0.29) is 0 Å². The smallest absolute Gasteiger partial charge is 0.313 e. The second-order valence-electron chi connectivity index (χ2n) is 3.25. The molecule has 1 aromatic rings. The minimum atomic E-state index is -1.16. The molecule has 0 N–H and O–H groups in total. The van der Waals surface area contributed by atoms with Crippen LogP contribution in [0.2, 0.25) is 0 Å². The lowest BCUT2D eigenvalue weighted by molar-refractivity contribution is -0.389. The Morgan fingerprint density at radius 1 is 1.06 bits per heavy atom. The first-order valence-electron chi connectivity index (χ1n) is 5.71. The van der Waals surface area contributed by atoms with E-state index < -0.39 is 5.97 Å². The maximum atomic E-state index is 5.65. The molecule has 0 radical (unpaired) electrons. The van der Waals surface area contributed by atoms with Crippen molar-refractivity contribution in [3.8, 4) is 0 Å². The van der Waals surface area contributed by atoms with Gasteiger partial charge in [-0.05, 0) is 42.8 Å². The number of hydrogen-bond donors (Lipinski definition) is 0. The van der Waals surface area contributed by atoms with Gasteiger partial charge in [0.25, 0.3) is 0 Å². The highest BCUT2D eigenvalue weighted by molar-refractivity contribution is 9.10. The van der Waals surface area contributed by atoms with Crippen LogP contribution in [0, 0.1) is 0 Å². The quantitative estimate of drug-likeness (QED) is 0.726. The van der Waals surface area contributed by atoms with E-state index in [1.165, 1.54) is 0 Å². The van der Waals surface area contributed by atoms with E-state index in [0.29, 0.717) is 19.8 Å². The fraction of sp³-hybridized carbons (Fsp3) is 0.583. The minimum absolute atomic E-state index is 0.493. The maximum absolute atomic E-state index is 5.65. The normalized spacial score (nSPS) is 11.8. The van der Waals surface area contributed by atoms with Crippen molar-refractivity contribution in [2.24, 2.45) is 0 Å². The van der Waals surface area contributed by atoms with Gasteiger partial charge in [-0.2, -0.15) is 0 Å². The Kier molecular flexibility index (Phi) is 6.05. The number of rotatable bonds is 7. The SMILES string of the molecule is CCOC(OCC)(OCC)c1cncc(Br)c1. The van der Waals surface area contributed by atoms with Crippen LogP contribution in [0.1, 0.15) is 26.3 Å². The maximum Gasteiger partial charge on any atom is 0.313 e. The van der Waals surface area contributed by atoms with Crippen molar-refractivity contribution < 1.29 is 14.2 Å². The van der Waals surface area contributed by atoms with Crippen LogP contribution in [0.3, 0.4) is 0 Å². The standard InChI is InChI=1S/C12H18BrNO3/c1-4-15-12(16-5-2,17-6-3)10-7-11(13)9-14-8-10/h7-9H,4-6H2,1-3H3. The first-order chi connectivity index (χ1) is 8.18. The molecule has 0 atom stereocenters. The lowest BCUT2D eigenvalue weighted by atomic mass is 10.2. The summed E-state index contributed by atoms with van der Waals surface area (Å²) in [5.74, 6) is -1.16. The van der Waals surface area contributed by atoms with Gasteiger partial charge in [0.15, 0.2) is 0 Å². The molecule has 17 heavy (non-hydrogen) atoms. The molecule has 0 spiro atoms. The number of ether oxygens (including phenoxy) is 3. The van der Waals surface area contributed by atoms with E-state index in [2.05, 4.69) is 20.9 Å². The lowest BCUT2D eigenvalue weighted by Crippen LogP contribution is -2.36. The molecule has 0 saturated heterocycles. The van der Waals surface area contributed by atoms with E-state index >= 15 is 0 Å². The first-order valence-corrected chi connectivity index (χ1v) is 6.50. The molecule has 0 aliphatic heterocycles. The molecular formula is C12H18BrNO3. The zero-order valence-electron chi connectivity index (χ0n) is 10.4. The van der Waals surface area contributed by atoms with Crippen LogP contribution in [0.5, 0.6) is 0 Å². The van der Waals surface area contributed by atoms with Crippen LogP contribution < -0.4 is 0 Å². The molecule has 4 nitrogen and oxygen atoms in total. The van der Waals surface area contributed by atoms with E-state index in [0.717, 1.165) is 10.0 Å². The van der Waals surface area contributed by atoms with Crippen LogP contribution in [-0.2, 0) is 20.2 Å². The summed E-state index contributed by atoms with van der Waals surface area (Å²) < 4.78 is 17.8. The van der Waals surface area contributed by atoms with Crippen molar-refractivity contribution in [3.63, 3.8) is 0 Å². The summed E-state index contributed by atoms with van der Waals surface area (Å²) in [6.45, 7) is 7.18. The summed E-state index contributed by atoms with van der Waals surface area (Å²) in [5.41, 5.74) is 0.748. The van der Waals surface area contributed by atoms with E-state index in [4.69, 9.17) is 14.2 Å². The number of hydrogen-bond acceptors (Lipinski definition) is 4. The predicted molar refractivity (Wildman–Crippen MR) is 68.5 cm³/mol. The van der Waals surface area contributed by atoms with Crippen LogP contribution in [0.4, 0.5) is 0 Å². The van der Waals surface area contributed by atoms with Gasteiger partial charge < -0.3 is 14.2 Å². The largest absolute Gasteiger partial charge is 0.324 e. The van der Waals surface area contributed by atoms with Gasteiger partial charge in [-0.15, -0.1) is 0 Å². The molecule has 1 aromatic heterocycles. The van der Waals surface area contributed by atoms with Gasteiger partial charge in [0.05, 0.1) is 5.56 Å². The highest BCUT2D eigenvalue weighted by Gasteiger charge is 2.35. The fourth-order valence-corrected chi connectivity index (χ4v) is 1.89. The molecule has 0 amide bonds.